The fourth-order valence-electron chi connectivity index (χ4n) is 4.59. The fraction of sp³-hybridized carbons (Fsp3) is 0.417. The van der Waals surface area contributed by atoms with Crippen LogP contribution in [-0.4, -0.2) is 43.3 Å². The van der Waals surface area contributed by atoms with Crippen LogP contribution in [0, 0.1) is 6.92 Å². The van der Waals surface area contributed by atoms with Crippen LogP contribution in [0.2, 0.25) is 0 Å². The molecule has 0 spiro atoms. The van der Waals surface area contributed by atoms with Gasteiger partial charge in [0.15, 0.2) is 5.16 Å². The molecule has 1 aromatic carbocycles. The summed E-state index contributed by atoms with van der Waals surface area (Å²) in [6.45, 7) is 2.60. The largest absolute Gasteiger partial charge is 0.351 e. The van der Waals surface area contributed by atoms with Crippen molar-refractivity contribution < 1.29 is 4.79 Å². The van der Waals surface area contributed by atoms with Crippen LogP contribution in [0.4, 0.5) is 0 Å². The summed E-state index contributed by atoms with van der Waals surface area (Å²) >= 11 is 3.15. The van der Waals surface area contributed by atoms with Crippen LogP contribution in [0.15, 0.2) is 41.6 Å². The smallest absolute Gasteiger partial charge is 0.261 e. The van der Waals surface area contributed by atoms with Gasteiger partial charge in [0.25, 0.3) is 5.91 Å². The quantitative estimate of drug-likeness (QED) is 0.277. The normalized spacial score (nSPS) is 14.4. The summed E-state index contributed by atoms with van der Waals surface area (Å²) in [5, 5.41) is 18.6. The number of aryl methyl sites for hydroxylation is 2. The third kappa shape index (κ3) is 4.44. The van der Waals surface area contributed by atoms with Crippen molar-refractivity contribution in [1.82, 2.24) is 29.9 Å². The average Bonchev–Trinajstić information content (AvgIpc) is 3.62. The third-order valence-corrected chi connectivity index (χ3v) is 7.99. The van der Waals surface area contributed by atoms with Crippen molar-refractivity contribution >= 4 is 39.2 Å². The molecule has 3 heterocycles. The SMILES string of the molecule is CSc1nnc(CCCNC(=O)c2cc3c(C)nn(-c4ccccc4)c3s2)n1C1CCCC1. The van der Waals surface area contributed by atoms with Crippen molar-refractivity contribution in [3.8, 4) is 5.69 Å². The van der Waals surface area contributed by atoms with Gasteiger partial charge in [0.2, 0.25) is 0 Å². The summed E-state index contributed by atoms with van der Waals surface area (Å²) < 4.78 is 4.26. The highest BCUT2D eigenvalue weighted by Gasteiger charge is 2.23. The number of hydrogen-bond acceptors (Lipinski definition) is 6. The molecule has 0 saturated heterocycles. The van der Waals surface area contributed by atoms with E-state index in [-0.39, 0.29) is 5.91 Å². The minimum atomic E-state index is -0.0303. The predicted molar refractivity (Wildman–Crippen MR) is 134 cm³/mol. The molecule has 3 aromatic heterocycles. The van der Waals surface area contributed by atoms with Gasteiger partial charge in [-0.2, -0.15) is 5.10 Å². The van der Waals surface area contributed by atoms with Gasteiger partial charge in [-0.3, -0.25) is 4.79 Å². The first-order chi connectivity index (χ1) is 16.2. The van der Waals surface area contributed by atoms with Crippen LogP contribution >= 0.6 is 23.1 Å². The summed E-state index contributed by atoms with van der Waals surface area (Å²) in [5.41, 5.74) is 1.93. The topological polar surface area (TPSA) is 77.6 Å². The maximum atomic E-state index is 12.8. The number of fused-ring (bicyclic) bond motifs is 1. The van der Waals surface area contributed by atoms with E-state index in [4.69, 9.17) is 0 Å². The van der Waals surface area contributed by atoms with Crippen LogP contribution in [0.25, 0.3) is 15.9 Å². The first kappa shape index (κ1) is 22.2. The number of thioether (sulfide) groups is 1. The van der Waals surface area contributed by atoms with Crippen LogP contribution in [-0.2, 0) is 6.42 Å². The second kappa shape index (κ2) is 9.69. The monoisotopic (exact) mass is 480 g/mol. The summed E-state index contributed by atoms with van der Waals surface area (Å²) in [5.74, 6) is 1.01. The van der Waals surface area contributed by atoms with Gasteiger partial charge in [0.1, 0.15) is 10.7 Å². The zero-order chi connectivity index (χ0) is 22.8. The number of rotatable bonds is 8. The summed E-state index contributed by atoms with van der Waals surface area (Å²) in [6, 6.07) is 12.5. The lowest BCUT2D eigenvalue weighted by Crippen LogP contribution is -2.24. The Labute approximate surface area is 201 Å². The van der Waals surface area contributed by atoms with Crippen molar-refractivity contribution in [3.05, 3.63) is 52.8 Å². The molecule has 1 N–H and O–H groups in total. The molecule has 1 aliphatic carbocycles. The lowest BCUT2D eigenvalue weighted by Gasteiger charge is -2.16. The molecule has 0 unspecified atom stereocenters. The number of carbonyl (C=O) groups excluding carboxylic acids is 1. The zero-order valence-electron chi connectivity index (χ0n) is 19.0. The van der Waals surface area contributed by atoms with E-state index in [1.54, 1.807) is 11.8 Å². The van der Waals surface area contributed by atoms with Crippen molar-refractivity contribution in [3.63, 3.8) is 0 Å². The maximum absolute atomic E-state index is 12.8. The molecule has 7 nitrogen and oxygen atoms in total. The number of nitrogens with zero attached hydrogens (tertiary/aromatic N) is 5. The van der Waals surface area contributed by atoms with E-state index in [2.05, 4.69) is 31.4 Å². The Kier molecular flexibility index (Phi) is 6.50. The molecular weight excluding hydrogens is 452 g/mol. The van der Waals surface area contributed by atoms with Crippen LogP contribution in [0.5, 0.6) is 0 Å². The Balaban J connectivity index is 1.23. The Morgan fingerprint density at radius 2 is 2.00 bits per heavy atom. The number of aromatic nitrogens is 5. The second-order valence-corrected chi connectivity index (χ2v) is 10.2. The van der Waals surface area contributed by atoms with Crippen LogP contribution in [0.3, 0.4) is 0 Å². The van der Waals surface area contributed by atoms with E-state index in [0.29, 0.717) is 17.5 Å². The van der Waals surface area contributed by atoms with Gasteiger partial charge in [-0.05, 0) is 50.6 Å². The van der Waals surface area contributed by atoms with E-state index in [1.165, 1.54) is 37.0 Å². The van der Waals surface area contributed by atoms with Gasteiger partial charge in [-0.25, -0.2) is 4.68 Å². The predicted octanol–water partition coefficient (Wildman–Crippen LogP) is 5.19. The Bertz CT molecular complexity index is 1250. The maximum Gasteiger partial charge on any atom is 0.261 e. The molecule has 0 radical (unpaired) electrons. The highest BCUT2D eigenvalue weighted by molar-refractivity contribution is 7.98. The van der Waals surface area contributed by atoms with Gasteiger partial charge in [0, 0.05) is 24.4 Å². The first-order valence-electron chi connectivity index (χ1n) is 11.5. The van der Waals surface area contributed by atoms with E-state index in [0.717, 1.165) is 45.4 Å². The van der Waals surface area contributed by atoms with E-state index in [1.807, 2.05) is 48.0 Å². The standard InChI is InChI=1S/C24H28N6OS2/c1-16-19-15-20(33-23(19)30(28-16)18-11-4-3-5-12-18)22(31)25-14-8-13-21-26-27-24(32-2)29(21)17-9-6-7-10-17/h3-5,11-12,15,17H,6-10,13-14H2,1-2H3,(H,25,31). The second-order valence-electron chi connectivity index (χ2n) is 8.43. The molecule has 0 aliphatic heterocycles. The van der Waals surface area contributed by atoms with E-state index >= 15 is 0 Å². The highest BCUT2D eigenvalue weighted by Crippen LogP contribution is 2.33. The summed E-state index contributed by atoms with van der Waals surface area (Å²) in [7, 11) is 0. The molecule has 1 saturated carbocycles. The van der Waals surface area contributed by atoms with Crippen molar-refractivity contribution in [2.24, 2.45) is 0 Å². The van der Waals surface area contributed by atoms with Gasteiger partial charge in [-0.1, -0.05) is 42.8 Å². The van der Waals surface area contributed by atoms with Crippen LogP contribution < -0.4 is 5.32 Å². The molecule has 4 aromatic rings. The third-order valence-electron chi connectivity index (χ3n) is 6.24. The van der Waals surface area contributed by atoms with Crippen LogP contribution in [0.1, 0.15) is 59.3 Å². The molecule has 1 amide bonds. The number of para-hydroxylation sites is 1. The van der Waals surface area contributed by atoms with Crippen molar-refractivity contribution in [1.29, 1.82) is 0 Å². The first-order valence-corrected chi connectivity index (χ1v) is 13.5. The number of hydrogen-bond donors (Lipinski definition) is 1. The summed E-state index contributed by atoms with van der Waals surface area (Å²) in [6.07, 6.45) is 8.70. The van der Waals surface area contributed by atoms with Crippen molar-refractivity contribution in [2.75, 3.05) is 12.8 Å². The molecular formula is C24H28N6OS2. The molecule has 172 valence electrons. The average molecular weight is 481 g/mol. The summed E-state index contributed by atoms with van der Waals surface area (Å²) in [4.78, 5) is 14.6. The lowest BCUT2D eigenvalue weighted by atomic mass is 10.2. The van der Waals surface area contributed by atoms with E-state index in [9.17, 15) is 4.79 Å². The molecule has 1 fully saturated rings. The van der Waals surface area contributed by atoms with Gasteiger partial charge >= 0.3 is 0 Å². The lowest BCUT2D eigenvalue weighted by molar-refractivity contribution is 0.0957. The molecule has 0 bridgehead atoms. The number of amides is 1. The number of benzene rings is 1. The van der Waals surface area contributed by atoms with Crippen molar-refractivity contribution in [2.45, 2.75) is 56.6 Å². The number of carbonyl (C=O) groups is 1. The Morgan fingerprint density at radius 3 is 2.76 bits per heavy atom. The Hall–Kier alpha value is -2.65. The highest BCUT2D eigenvalue weighted by atomic mass is 32.2. The molecule has 5 rings (SSSR count). The molecule has 33 heavy (non-hydrogen) atoms. The molecule has 0 atom stereocenters. The Morgan fingerprint density at radius 1 is 1.21 bits per heavy atom. The molecule has 9 heteroatoms. The zero-order valence-corrected chi connectivity index (χ0v) is 20.6. The van der Waals surface area contributed by atoms with Gasteiger partial charge < -0.3 is 9.88 Å². The minimum absolute atomic E-state index is 0.0303. The minimum Gasteiger partial charge on any atom is -0.351 e. The van der Waals surface area contributed by atoms with Gasteiger partial charge in [0.05, 0.1) is 16.3 Å². The van der Waals surface area contributed by atoms with Gasteiger partial charge in [-0.15, -0.1) is 21.5 Å². The fourth-order valence-corrected chi connectivity index (χ4v) is 6.26. The number of nitrogens with one attached hydrogen (secondary N) is 1. The number of thiophene rings is 1. The van der Waals surface area contributed by atoms with E-state index < -0.39 is 0 Å². The molecule has 1 aliphatic rings.